The van der Waals surface area contributed by atoms with Crippen molar-refractivity contribution in [2.24, 2.45) is 11.7 Å². The van der Waals surface area contributed by atoms with Crippen molar-refractivity contribution in [2.45, 2.75) is 12.8 Å². The molecule has 1 fully saturated rings. The lowest BCUT2D eigenvalue weighted by Gasteiger charge is -2.33. The second-order valence-electron chi connectivity index (χ2n) is 4.74. The van der Waals surface area contributed by atoms with E-state index in [2.05, 4.69) is 4.90 Å². The molecule has 1 aromatic carbocycles. The second-order valence-corrected chi connectivity index (χ2v) is 4.74. The molecule has 0 bridgehead atoms. The Morgan fingerprint density at radius 2 is 2.16 bits per heavy atom. The smallest absolute Gasteiger partial charge is 0.270 e. The standard InChI is InChI=1S/C13H16N4O2/c14-8-10-3-5-16(6-4-10)13-2-1-12(17(18)19)7-11(13)9-15/h1-2,7,10H,3-6,8,14H2. The number of anilines is 1. The monoisotopic (exact) mass is 260 g/mol. The molecule has 0 aliphatic carbocycles. The van der Waals surface area contributed by atoms with Crippen molar-refractivity contribution in [3.63, 3.8) is 0 Å². The van der Waals surface area contributed by atoms with Gasteiger partial charge in [0.15, 0.2) is 0 Å². The first-order valence-electron chi connectivity index (χ1n) is 6.29. The molecule has 0 atom stereocenters. The number of nitrogens with zero attached hydrogens (tertiary/aromatic N) is 3. The first kappa shape index (κ1) is 13.3. The largest absolute Gasteiger partial charge is 0.370 e. The molecule has 1 aromatic rings. The summed E-state index contributed by atoms with van der Waals surface area (Å²) in [6, 6.07) is 6.50. The minimum atomic E-state index is -0.481. The average molecular weight is 260 g/mol. The molecular formula is C13H16N4O2. The van der Waals surface area contributed by atoms with Gasteiger partial charge in [0.05, 0.1) is 16.2 Å². The summed E-state index contributed by atoms with van der Waals surface area (Å²) in [5, 5.41) is 19.8. The van der Waals surface area contributed by atoms with Gasteiger partial charge < -0.3 is 10.6 Å². The van der Waals surface area contributed by atoms with Crippen LogP contribution in [0.25, 0.3) is 0 Å². The van der Waals surface area contributed by atoms with E-state index in [4.69, 9.17) is 11.0 Å². The Balaban J connectivity index is 2.21. The minimum Gasteiger partial charge on any atom is -0.370 e. The maximum Gasteiger partial charge on any atom is 0.270 e. The molecule has 6 heteroatoms. The number of benzene rings is 1. The Hall–Kier alpha value is -2.13. The zero-order valence-corrected chi connectivity index (χ0v) is 10.6. The van der Waals surface area contributed by atoms with E-state index < -0.39 is 4.92 Å². The van der Waals surface area contributed by atoms with E-state index in [1.807, 2.05) is 6.07 Å². The maximum absolute atomic E-state index is 10.7. The third-order valence-electron chi connectivity index (χ3n) is 3.60. The third-order valence-corrected chi connectivity index (χ3v) is 3.60. The molecule has 0 unspecified atom stereocenters. The molecule has 0 radical (unpaired) electrons. The van der Waals surface area contributed by atoms with Crippen LogP contribution < -0.4 is 10.6 Å². The van der Waals surface area contributed by atoms with Crippen LogP contribution in [0.4, 0.5) is 11.4 Å². The number of piperidine rings is 1. The van der Waals surface area contributed by atoms with Crippen LogP contribution in [0.15, 0.2) is 18.2 Å². The maximum atomic E-state index is 10.7. The quantitative estimate of drug-likeness (QED) is 0.658. The van der Waals surface area contributed by atoms with E-state index in [0.29, 0.717) is 18.0 Å². The molecule has 1 aliphatic heterocycles. The highest BCUT2D eigenvalue weighted by Gasteiger charge is 2.21. The van der Waals surface area contributed by atoms with Crippen molar-refractivity contribution in [3.8, 4) is 6.07 Å². The number of nitro benzene ring substituents is 1. The van der Waals surface area contributed by atoms with E-state index in [-0.39, 0.29) is 5.69 Å². The molecule has 1 saturated heterocycles. The van der Waals surface area contributed by atoms with E-state index in [9.17, 15) is 10.1 Å². The van der Waals surface area contributed by atoms with Crippen molar-refractivity contribution in [3.05, 3.63) is 33.9 Å². The van der Waals surface area contributed by atoms with Crippen LogP contribution in [0.2, 0.25) is 0 Å². The zero-order valence-electron chi connectivity index (χ0n) is 10.6. The Morgan fingerprint density at radius 1 is 1.47 bits per heavy atom. The van der Waals surface area contributed by atoms with Gasteiger partial charge in [-0.15, -0.1) is 0 Å². The Kier molecular flexibility index (Phi) is 3.97. The van der Waals surface area contributed by atoms with Crippen molar-refractivity contribution >= 4 is 11.4 Å². The fourth-order valence-electron chi connectivity index (χ4n) is 2.41. The normalized spacial score (nSPS) is 16.1. The summed E-state index contributed by atoms with van der Waals surface area (Å²) in [7, 11) is 0. The van der Waals surface area contributed by atoms with Gasteiger partial charge in [-0.05, 0) is 31.4 Å². The van der Waals surface area contributed by atoms with Crippen molar-refractivity contribution in [1.29, 1.82) is 5.26 Å². The molecule has 2 rings (SSSR count). The van der Waals surface area contributed by atoms with Gasteiger partial charge in [-0.1, -0.05) is 0 Å². The first-order chi connectivity index (χ1) is 9.15. The lowest BCUT2D eigenvalue weighted by molar-refractivity contribution is -0.384. The van der Waals surface area contributed by atoms with E-state index in [0.717, 1.165) is 31.6 Å². The van der Waals surface area contributed by atoms with Crippen LogP contribution in [0, 0.1) is 27.4 Å². The zero-order chi connectivity index (χ0) is 13.8. The number of hydrogen-bond acceptors (Lipinski definition) is 5. The highest BCUT2D eigenvalue weighted by atomic mass is 16.6. The highest BCUT2D eigenvalue weighted by Crippen LogP contribution is 2.28. The van der Waals surface area contributed by atoms with Crippen LogP contribution in [-0.2, 0) is 0 Å². The Morgan fingerprint density at radius 3 is 2.68 bits per heavy atom. The third kappa shape index (κ3) is 2.83. The molecule has 19 heavy (non-hydrogen) atoms. The van der Waals surface area contributed by atoms with Gasteiger partial charge in [-0.2, -0.15) is 5.26 Å². The number of non-ortho nitro benzene ring substituents is 1. The van der Waals surface area contributed by atoms with E-state index in [1.54, 1.807) is 6.07 Å². The summed E-state index contributed by atoms with van der Waals surface area (Å²) in [6.45, 7) is 2.38. The van der Waals surface area contributed by atoms with Crippen molar-refractivity contribution in [2.75, 3.05) is 24.5 Å². The summed E-state index contributed by atoms with van der Waals surface area (Å²) < 4.78 is 0. The summed E-state index contributed by atoms with van der Waals surface area (Å²) in [6.07, 6.45) is 2.00. The SMILES string of the molecule is N#Cc1cc([N+](=O)[O-])ccc1N1CCC(CN)CC1. The molecule has 2 N–H and O–H groups in total. The van der Waals surface area contributed by atoms with Gasteiger partial charge in [-0.3, -0.25) is 10.1 Å². The van der Waals surface area contributed by atoms with Crippen molar-refractivity contribution < 1.29 is 4.92 Å². The van der Waals surface area contributed by atoms with Gasteiger partial charge in [0.1, 0.15) is 6.07 Å². The molecule has 0 saturated carbocycles. The second kappa shape index (κ2) is 5.67. The summed E-state index contributed by atoms with van der Waals surface area (Å²) in [5.74, 6) is 0.542. The Bertz CT molecular complexity index is 516. The van der Waals surface area contributed by atoms with Gasteiger partial charge in [-0.25, -0.2) is 0 Å². The molecule has 0 spiro atoms. The predicted octanol–water partition coefficient (Wildman–Crippen LogP) is 1.64. The molecule has 1 heterocycles. The molecule has 1 aliphatic rings. The van der Waals surface area contributed by atoms with E-state index in [1.165, 1.54) is 12.1 Å². The number of hydrogen-bond donors (Lipinski definition) is 1. The van der Waals surface area contributed by atoms with Gasteiger partial charge in [0, 0.05) is 25.2 Å². The topological polar surface area (TPSA) is 96.2 Å². The summed E-state index contributed by atoms with van der Waals surface area (Å²) in [4.78, 5) is 12.3. The van der Waals surface area contributed by atoms with Crippen LogP contribution in [0.1, 0.15) is 18.4 Å². The fraction of sp³-hybridized carbons (Fsp3) is 0.462. The number of nitrogens with two attached hydrogens (primary N) is 1. The molecule has 0 aromatic heterocycles. The summed E-state index contributed by atoms with van der Waals surface area (Å²) >= 11 is 0. The van der Waals surface area contributed by atoms with Crippen LogP contribution in [0.3, 0.4) is 0 Å². The minimum absolute atomic E-state index is 0.0443. The molecular weight excluding hydrogens is 244 g/mol. The Labute approximate surface area is 111 Å². The number of rotatable bonds is 3. The van der Waals surface area contributed by atoms with Gasteiger partial charge >= 0.3 is 0 Å². The average Bonchev–Trinajstić information content (AvgIpc) is 2.46. The lowest BCUT2D eigenvalue weighted by atomic mass is 9.96. The van der Waals surface area contributed by atoms with Gasteiger partial charge in [0.25, 0.3) is 5.69 Å². The van der Waals surface area contributed by atoms with E-state index >= 15 is 0 Å². The number of nitriles is 1. The van der Waals surface area contributed by atoms with Crippen LogP contribution in [-0.4, -0.2) is 24.6 Å². The highest BCUT2D eigenvalue weighted by molar-refractivity contribution is 5.63. The molecule has 100 valence electrons. The lowest BCUT2D eigenvalue weighted by Crippen LogP contribution is -2.36. The number of nitro groups is 1. The van der Waals surface area contributed by atoms with Crippen molar-refractivity contribution in [1.82, 2.24) is 0 Å². The van der Waals surface area contributed by atoms with Crippen LogP contribution >= 0.6 is 0 Å². The first-order valence-corrected chi connectivity index (χ1v) is 6.29. The van der Waals surface area contributed by atoms with Gasteiger partial charge in [0.2, 0.25) is 0 Å². The predicted molar refractivity (Wildman–Crippen MR) is 71.8 cm³/mol. The fourth-order valence-corrected chi connectivity index (χ4v) is 2.41. The van der Waals surface area contributed by atoms with Crippen LogP contribution in [0.5, 0.6) is 0 Å². The molecule has 6 nitrogen and oxygen atoms in total. The summed E-state index contributed by atoms with van der Waals surface area (Å²) in [5.41, 5.74) is 6.75. The molecule has 0 amide bonds.